The van der Waals surface area contributed by atoms with Gasteiger partial charge in [-0.05, 0) is 18.9 Å². The third kappa shape index (κ3) is 2.82. The predicted octanol–water partition coefficient (Wildman–Crippen LogP) is 1.28. The number of aromatic nitrogens is 2. The van der Waals surface area contributed by atoms with E-state index in [0.717, 1.165) is 0 Å². The lowest BCUT2D eigenvalue weighted by molar-refractivity contribution is -0.150. The number of nitriles is 1. The van der Waals surface area contributed by atoms with E-state index in [0.29, 0.717) is 51.5 Å². The van der Waals surface area contributed by atoms with Crippen molar-refractivity contribution in [3.8, 4) is 6.07 Å². The Balaban J connectivity index is 1.59. The molecule has 8 heteroatoms. The number of amides is 1. The third-order valence-electron chi connectivity index (χ3n) is 5.60. The van der Waals surface area contributed by atoms with E-state index in [1.165, 1.54) is 6.20 Å². The van der Waals surface area contributed by atoms with Gasteiger partial charge in [0.1, 0.15) is 17.7 Å². The van der Waals surface area contributed by atoms with E-state index in [9.17, 15) is 9.18 Å². The standard InChI is InChI=1S/C18H20FN5O2/c19-14-2-1-4-23(10-14)17(25)18-3-5-26-11-13(18)9-24(12-18)16-8-21-15(6-20)7-22-16/h2,7-8,13H,1,3-5,9-12H2. The number of anilines is 1. The summed E-state index contributed by atoms with van der Waals surface area (Å²) in [5.74, 6) is 0.459. The van der Waals surface area contributed by atoms with Crippen LogP contribution in [0, 0.1) is 22.7 Å². The molecule has 2 saturated heterocycles. The number of hydrogen-bond acceptors (Lipinski definition) is 6. The molecule has 4 rings (SSSR count). The van der Waals surface area contributed by atoms with Gasteiger partial charge in [-0.3, -0.25) is 4.79 Å². The minimum absolute atomic E-state index is 0.0122. The molecule has 0 aliphatic carbocycles. The van der Waals surface area contributed by atoms with Crippen molar-refractivity contribution in [3.63, 3.8) is 0 Å². The lowest BCUT2D eigenvalue weighted by Gasteiger charge is -2.41. The van der Waals surface area contributed by atoms with Crippen molar-refractivity contribution in [1.29, 1.82) is 5.26 Å². The molecule has 0 radical (unpaired) electrons. The maximum Gasteiger partial charge on any atom is 0.231 e. The molecular weight excluding hydrogens is 337 g/mol. The SMILES string of the molecule is N#Cc1cnc(N2CC3COCCC3(C(=O)N3CCC=C(F)C3)C2)cn1. The second-order valence-electron chi connectivity index (χ2n) is 7.10. The number of carbonyl (C=O) groups excluding carboxylic acids is 1. The highest BCUT2D eigenvalue weighted by molar-refractivity contribution is 5.85. The minimum atomic E-state index is -0.578. The Bertz CT molecular complexity index is 775. The topological polar surface area (TPSA) is 82.3 Å². The second-order valence-corrected chi connectivity index (χ2v) is 7.10. The normalized spacial score (nSPS) is 28.3. The summed E-state index contributed by atoms with van der Waals surface area (Å²) in [6.07, 6.45) is 5.74. The molecule has 7 nitrogen and oxygen atoms in total. The van der Waals surface area contributed by atoms with Gasteiger partial charge in [0.15, 0.2) is 5.69 Å². The summed E-state index contributed by atoms with van der Waals surface area (Å²) in [6, 6.07) is 1.95. The van der Waals surface area contributed by atoms with Gasteiger partial charge in [-0.15, -0.1) is 0 Å². The Labute approximate surface area is 151 Å². The van der Waals surface area contributed by atoms with Crippen LogP contribution in [0.3, 0.4) is 0 Å². The van der Waals surface area contributed by atoms with Gasteiger partial charge in [0.05, 0.1) is 31.0 Å². The number of rotatable bonds is 2. The van der Waals surface area contributed by atoms with E-state index in [1.807, 2.05) is 11.0 Å². The summed E-state index contributed by atoms with van der Waals surface area (Å²) in [5.41, 5.74) is -0.319. The van der Waals surface area contributed by atoms with Gasteiger partial charge < -0.3 is 14.5 Å². The molecule has 136 valence electrons. The molecule has 3 aliphatic heterocycles. The molecule has 0 spiro atoms. The van der Waals surface area contributed by atoms with Crippen LogP contribution in [0.5, 0.6) is 0 Å². The fraction of sp³-hybridized carbons (Fsp3) is 0.556. The van der Waals surface area contributed by atoms with Crippen LogP contribution >= 0.6 is 0 Å². The molecule has 2 atom stereocenters. The van der Waals surface area contributed by atoms with Gasteiger partial charge in [-0.2, -0.15) is 5.26 Å². The highest BCUT2D eigenvalue weighted by Gasteiger charge is 2.55. The van der Waals surface area contributed by atoms with Gasteiger partial charge in [0, 0.05) is 32.2 Å². The highest BCUT2D eigenvalue weighted by atomic mass is 19.1. The summed E-state index contributed by atoms with van der Waals surface area (Å²) in [6.45, 7) is 2.81. The molecule has 1 amide bonds. The number of fused-ring (bicyclic) bond motifs is 1. The fourth-order valence-corrected chi connectivity index (χ4v) is 4.21. The molecule has 26 heavy (non-hydrogen) atoms. The van der Waals surface area contributed by atoms with E-state index >= 15 is 0 Å². The zero-order chi connectivity index (χ0) is 18.1. The first-order chi connectivity index (χ1) is 12.6. The summed E-state index contributed by atoms with van der Waals surface area (Å²) in [5, 5.41) is 8.87. The van der Waals surface area contributed by atoms with E-state index in [1.54, 1.807) is 17.2 Å². The first-order valence-corrected chi connectivity index (χ1v) is 8.81. The van der Waals surface area contributed by atoms with E-state index in [-0.39, 0.29) is 29.9 Å². The molecule has 0 aromatic carbocycles. The fourth-order valence-electron chi connectivity index (χ4n) is 4.21. The highest BCUT2D eigenvalue weighted by Crippen LogP contribution is 2.45. The second kappa shape index (κ2) is 6.65. The monoisotopic (exact) mass is 357 g/mol. The van der Waals surface area contributed by atoms with Crippen molar-refractivity contribution in [1.82, 2.24) is 14.9 Å². The number of hydrogen-bond donors (Lipinski definition) is 0. The Kier molecular flexibility index (Phi) is 4.32. The van der Waals surface area contributed by atoms with Crippen LogP contribution in [0.4, 0.5) is 10.2 Å². The molecule has 2 fully saturated rings. The van der Waals surface area contributed by atoms with Crippen LogP contribution in [0.15, 0.2) is 24.3 Å². The quantitative estimate of drug-likeness (QED) is 0.793. The number of carbonyl (C=O) groups is 1. The van der Waals surface area contributed by atoms with Crippen molar-refractivity contribution in [2.24, 2.45) is 11.3 Å². The summed E-state index contributed by atoms with van der Waals surface area (Å²) in [4.78, 5) is 25.4. The smallest absolute Gasteiger partial charge is 0.231 e. The molecule has 4 heterocycles. The van der Waals surface area contributed by atoms with Crippen molar-refractivity contribution in [3.05, 3.63) is 30.0 Å². The van der Waals surface area contributed by atoms with Crippen LogP contribution in [-0.2, 0) is 9.53 Å². The zero-order valence-electron chi connectivity index (χ0n) is 14.4. The van der Waals surface area contributed by atoms with E-state index in [4.69, 9.17) is 10.00 Å². The minimum Gasteiger partial charge on any atom is -0.381 e. The first-order valence-electron chi connectivity index (χ1n) is 8.81. The number of nitrogens with zero attached hydrogens (tertiary/aromatic N) is 5. The predicted molar refractivity (Wildman–Crippen MR) is 90.7 cm³/mol. The summed E-state index contributed by atoms with van der Waals surface area (Å²) >= 11 is 0. The maximum atomic E-state index is 13.7. The molecule has 0 bridgehead atoms. The largest absolute Gasteiger partial charge is 0.381 e. The summed E-state index contributed by atoms with van der Waals surface area (Å²) < 4.78 is 19.3. The van der Waals surface area contributed by atoms with Crippen LogP contribution in [-0.4, -0.2) is 60.2 Å². The maximum absolute atomic E-state index is 13.7. The van der Waals surface area contributed by atoms with Gasteiger partial charge in [-0.1, -0.05) is 0 Å². The first kappa shape index (κ1) is 16.9. The lowest BCUT2D eigenvalue weighted by Crippen LogP contribution is -2.53. The van der Waals surface area contributed by atoms with Gasteiger partial charge in [0.2, 0.25) is 5.91 Å². The van der Waals surface area contributed by atoms with E-state index in [2.05, 4.69) is 9.97 Å². The van der Waals surface area contributed by atoms with Crippen molar-refractivity contribution < 1.29 is 13.9 Å². The van der Waals surface area contributed by atoms with Crippen LogP contribution in [0.25, 0.3) is 0 Å². The number of halogens is 1. The van der Waals surface area contributed by atoms with Crippen molar-refractivity contribution in [2.45, 2.75) is 12.8 Å². The number of ether oxygens (including phenoxy) is 1. The van der Waals surface area contributed by atoms with Crippen LogP contribution in [0.2, 0.25) is 0 Å². The average Bonchev–Trinajstić information content (AvgIpc) is 3.08. The van der Waals surface area contributed by atoms with Crippen molar-refractivity contribution >= 4 is 11.7 Å². The lowest BCUT2D eigenvalue weighted by atomic mass is 9.73. The molecule has 2 unspecified atom stereocenters. The van der Waals surface area contributed by atoms with Crippen LogP contribution < -0.4 is 4.90 Å². The van der Waals surface area contributed by atoms with E-state index < -0.39 is 5.41 Å². The Hall–Kier alpha value is -2.53. The Morgan fingerprint density at radius 1 is 1.42 bits per heavy atom. The molecule has 0 saturated carbocycles. The molecule has 0 N–H and O–H groups in total. The van der Waals surface area contributed by atoms with Gasteiger partial charge in [-0.25, -0.2) is 14.4 Å². The molecular formula is C18H20FN5O2. The Morgan fingerprint density at radius 3 is 3.04 bits per heavy atom. The average molecular weight is 357 g/mol. The zero-order valence-corrected chi connectivity index (χ0v) is 14.4. The molecule has 1 aromatic rings. The van der Waals surface area contributed by atoms with Crippen molar-refractivity contribution in [2.75, 3.05) is 44.3 Å². The van der Waals surface area contributed by atoms with Gasteiger partial charge >= 0.3 is 0 Å². The molecule has 3 aliphatic rings. The molecule has 1 aromatic heterocycles. The van der Waals surface area contributed by atoms with Crippen LogP contribution in [0.1, 0.15) is 18.5 Å². The Morgan fingerprint density at radius 2 is 2.31 bits per heavy atom. The summed E-state index contributed by atoms with van der Waals surface area (Å²) in [7, 11) is 0. The van der Waals surface area contributed by atoms with Gasteiger partial charge in [0.25, 0.3) is 0 Å². The third-order valence-corrected chi connectivity index (χ3v) is 5.60.